The third-order valence-corrected chi connectivity index (χ3v) is 4.35. The minimum atomic E-state index is -1.07. The van der Waals surface area contributed by atoms with Crippen molar-refractivity contribution in [3.05, 3.63) is 59.3 Å². The molecule has 2 aromatic rings. The third kappa shape index (κ3) is 3.28. The molecule has 3 rings (SSSR count). The largest absolute Gasteiger partial charge is 0.493 e. The van der Waals surface area contributed by atoms with E-state index in [2.05, 4.69) is 5.32 Å². The van der Waals surface area contributed by atoms with Crippen LogP contribution in [0.2, 0.25) is 0 Å². The lowest BCUT2D eigenvalue weighted by Crippen LogP contribution is -2.32. The highest BCUT2D eigenvalue weighted by Crippen LogP contribution is 2.35. The van der Waals surface area contributed by atoms with Gasteiger partial charge in [0.2, 0.25) is 0 Å². The van der Waals surface area contributed by atoms with E-state index in [-0.39, 0.29) is 23.5 Å². The van der Waals surface area contributed by atoms with Crippen LogP contribution in [0.15, 0.2) is 42.1 Å². The van der Waals surface area contributed by atoms with Gasteiger partial charge in [-0.15, -0.1) is 0 Å². The van der Waals surface area contributed by atoms with Gasteiger partial charge in [0.15, 0.2) is 23.1 Å². The second-order valence-corrected chi connectivity index (χ2v) is 5.93. The quantitative estimate of drug-likeness (QED) is 0.770. The fourth-order valence-electron chi connectivity index (χ4n) is 2.96. The van der Waals surface area contributed by atoms with E-state index < -0.39 is 23.4 Å². The number of ether oxygens (including phenoxy) is 2. The third-order valence-electron chi connectivity index (χ3n) is 4.35. The van der Waals surface area contributed by atoms with E-state index in [1.165, 1.54) is 20.3 Å². The molecule has 28 heavy (non-hydrogen) atoms. The molecule has 0 spiro atoms. The number of likely N-dealkylation sites (N-methyl/N-ethyl adjacent to an activating group) is 1. The van der Waals surface area contributed by atoms with Crippen LogP contribution in [0.5, 0.6) is 11.5 Å². The molecular weight excluding hydrogens is 370 g/mol. The Hall–Kier alpha value is -3.42. The number of hydrogen-bond acceptors (Lipinski definition) is 5. The molecule has 1 aliphatic heterocycles. The summed E-state index contributed by atoms with van der Waals surface area (Å²) in [7, 11) is 2.94. The molecule has 8 heteroatoms. The fourth-order valence-corrected chi connectivity index (χ4v) is 2.96. The van der Waals surface area contributed by atoms with E-state index in [4.69, 9.17) is 9.47 Å². The summed E-state index contributed by atoms with van der Waals surface area (Å²) < 4.78 is 37.2. The van der Waals surface area contributed by atoms with Gasteiger partial charge in [-0.1, -0.05) is 6.07 Å². The number of nitrogens with one attached hydrogen (secondary N) is 1. The van der Waals surface area contributed by atoms with E-state index in [0.29, 0.717) is 17.1 Å². The maximum absolute atomic E-state index is 13.5. The van der Waals surface area contributed by atoms with E-state index >= 15 is 0 Å². The van der Waals surface area contributed by atoms with Gasteiger partial charge in [0.1, 0.15) is 5.70 Å². The number of halogens is 2. The predicted octanol–water partition coefficient (Wildman–Crippen LogP) is 3.19. The maximum atomic E-state index is 13.5. The molecule has 0 unspecified atom stereocenters. The van der Waals surface area contributed by atoms with Crippen molar-refractivity contribution < 1.29 is 27.8 Å². The fraction of sp³-hybridized carbons (Fsp3) is 0.200. The summed E-state index contributed by atoms with van der Waals surface area (Å²) in [5, 5.41) is 2.76. The summed E-state index contributed by atoms with van der Waals surface area (Å²) >= 11 is 0. The van der Waals surface area contributed by atoms with Gasteiger partial charge in [0.05, 0.1) is 19.8 Å². The highest BCUT2D eigenvalue weighted by Gasteiger charge is 2.38. The van der Waals surface area contributed by atoms with Crippen LogP contribution in [0.1, 0.15) is 12.5 Å². The zero-order valence-corrected chi connectivity index (χ0v) is 15.5. The highest BCUT2D eigenvalue weighted by molar-refractivity contribution is 6.36. The Morgan fingerprint density at radius 2 is 1.64 bits per heavy atom. The second kappa shape index (κ2) is 7.67. The van der Waals surface area contributed by atoms with Crippen LogP contribution in [-0.2, 0) is 9.59 Å². The Balaban J connectivity index is 2.12. The van der Waals surface area contributed by atoms with Crippen LogP contribution in [0, 0.1) is 11.6 Å². The summed E-state index contributed by atoms with van der Waals surface area (Å²) in [6.07, 6.45) is 0. The normalized spacial score (nSPS) is 14.0. The highest BCUT2D eigenvalue weighted by atomic mass is 19.2. The molecule has 0 atom stereocenters. The molecule has 1 aliphatic rings. The van der Waals surface area contributed by atoms with Gasteiger partial charge in [-0.25, -0.2) is 8.78 Å². The van der Waals surface area contributed by atoms with Gasteiger partial charge in [0.25, 0.3) is 11.8 Å². The molecule has 0 saturated carbocycles. The topological polar surface area (TPSA) is 67.9 Å². The lowest BCUT2D eigenvalue weighted by Gasteiger charge is -2.12. The van der Waals surface area contributed by atoms with E-state index in [1.807, 2.05) is 0 Å². The SMILES string of the molecule is CCN1C(=O)C(Nc2ccc(F)c(F)c2)=C(c2ccc(OC)c(OC)c2)C1=O. The first-order valence-electron chi connectivity index (χ1n) is 8.46. The number of carbonyl (C=O) groups excluding carboxylic acids is 2. The molecular formula is C20H18F2N2O4. The van der Waals surface area contributed by atoms with Crippen molar-refractivity contribution in [1.29, 1.82) is 0 Å². The van der Waals surface area contributed by atoms with Crippen molar-refractivity contribution >= 4 is 23.1 Å². The lowest BCUT2D eigenvalue weighted by molar-refractivity contribution is -0.136. The first kappa shape index (κ1) is 19.3. The minimum Gasteiger partial charge on any atom is -0.493 e. The summed E-state index contributed by atoms with van der Waals surface area (Å²) in [5.74, 6) is -2.28. The Kier molecular flexibility index (Phi) is 5.30. The van der Waals surface area contributed by atoms with E-state index in [1.54, 1.807) is 25.1 Å². The van der Waals surface area contributed by atoms with Gasteiger partial charge in [-0.05, 0) is 36.8 Å². The van der Waals surface area contributed by atoms with Crippen LogP contribution >= 0.6 is 0 Å². The maximum Gasteiger partial charge on any atom is 0.278 e. The van der Waals surface area contributed by atoms with Gasteiger partial charge in [-0.2, -0.15) is 0 Å². The van der Waals surface area contributed by atoms with Crippen molar-refractivity contribution in [2.45, 2.75) is 6.92 Å². The molecule has 0 aromatic heterocycles. The molecule has 1 heterocycles. The molecule has 0 saturated heterocycles. The zero-order valence-electron chi connectivity index (χ0n) is 15.5. The summed E-state index contributed by atoms with van der Waals surface area (Å²) in [6, 6.07) is 7.94. The van der Waals surface area contributed by atoms with E-state index in [0.717, 1.165) is 17.0 Å². The van der Waals surface area contributed by atoms with Gasteiger partial charge >= 0.3 is 0 Å². The molecule has 0 aliphatic carbocycles. The Morgan fingerprint density at radius 1 is 0.929 bits per heavy atom. The first-order chi connectivity index (χ1) is 13.4. The predicted molar refractivity (Wildman–Crippen MR) is 98.8 cm³/mol. The number of nitrogens with zero attached hydrogens (tertiary/aromatic N) is 1. The number of benzene rings is 2. The lowest BCUT2D eigenvalue weighted by atomic mass is 10.0. The average molecular weight is 388 g/mol. The van der Waals surface area contributed by atoms with Crippen molar-refractivity contribution in [3.8, 4) is 11.5 Å². The van der Waals surface area contributed by atoms with Crippen molar-refractivity contribution in [2.75, 3.05) is 26.1 Å². The standard InChI is InChI=1S/C20H18F2N2O4/c1-4-24-19(25)17(11-5-8-15(27-2)16(9-11)28-3)18(20(24)26)23-12-6-7-13(21)14(22)10-12/h5-10,23H,4H2,1-3H3. The number of rotatable bonds is 6. The zero-order chi connectivity index (χ0) is 20.4. The monoisotopic (exact) mass is 388 g/mol. The van der Waals surface area contributed by atoms with Gasteiger partial charge < -0.3 is 14.8 Å². The summed E-state index contributed by atoms with van der Waals surface area (Å²) in [5.41, 5.74) is 0.658. The average Bonchev–Trinajstić information content (AvgIpc) is 2.93. The molecule has 146 valence electrons. The number of imide groups is 1. The summed E-state index contributed by atoms with van der Waals surface area (Å²) in [6.45, 7) is 1.83. The molecule has 0 radical (unpaired) electrons. The molecule has 2 aromatic carbocycles. The van der Waals surface area contributed by atoms with Crippen LogP contribution < -0.4 is 14.8 Å². The van der Waals surface area contributed by atoms with Crippen molar-refractivity contribution in [1.82, 2.24) is 4.90 Å². The Labute approximate surface area is 160 Å². The van der Waals surface area contributed by atoms with Gasteiger partial charge in [-0.3, -0.25) is 14.5 Å². The number of methoxy groups -OCH3 is 2. The van der Waals surface area contributed by atoms with Crippen LogP contribution in [0.25, 0.3) is 5.57 Å². The van der Waals surface area contributed by atoms with Gasteiger partial charge in [0, 0.05) is 18.3 Å². The molecule has 6 nitrogen and oxygen atoms in total. The molecule has 0 bridgehead atoms. The van der Waals surface area contributed by atoms with Crippen molar-refractivity contribution in [3.63, 3.8) is 0 Å². The molecule has 2 amide bonds. The van der Waals surface area contributed by atoms with E-state index in [9.17, 15) is 18.4 Å². The second-order valence-electron chi connectivity index (χ2n) is 5.93. The van der Waals surface area contributed by atoms with Crippen LogP contribution in [0.4, 0.5) is 14.5 Å². The Morgan fingerprint density at radius 3 is 2.25 bits per heavy atom. The number of amides is 2. The minimum absolute atomic E-state index is 0.0231. The Bertz CT molecular complexity index is 988. The molecule has 0 fully saturated rings. The number of anilines is 1. The first-order valence-corrected chi connectivity index (χ1v) is 8.46. The number of carbonyl (C=O) groups is 2. The van der Waals surface area contributed by atoms with Crippen molar-refractivity contribution in [2.24, 2.45) is 0 Å². The van der Waals surface area contributed by atoms with Crippen LogP contribution in [-0.4, -0.2) is 37.5 Å². The summed E-state index contributed by atoms with van der Waals surface area (Å²) in [4.78, 5) is 26.6. The number of hydrogen-bond donors (Lipinski definition) is 1. The smallest absolute Gasteiger partial charge is 0.278 e. The van der Waals surface area contributed by atoms with Crippen LogP contribution in [0.3, 0.4) is 0 Å². The molecule has 1 N–H and O–H groups in total.